The molecule has 4 amide bonds. The van der Waals surface area contributed by atoms with Gasteiger partial charge < -0.3 is 9.80 Å². The highest BCUT2D eigenvalue weighted by Gasteiger charge is 2.26. The van der Waals surface area contributed by atoms with Gasteiger partial charge >= 0.3 is 6.03 Å². The first-order valence-electron chi connectivity index (χ1n) is 10.3. The Morgan fingerprint density at radius 2 is 1.84 bits per heavy atom. The monoisotopic (exact) mass is 445 g/mol. The number of rotatable bonds is 6. The van der Waals surface area contributed by atoms with E-state index in [0.717, 1.165) is 35.9 Å². The second-order valence-electron chi connectivity index (χ2n) is 7.63. The molecular weight excluding hydrogens is 421 g/mol. The van der Waals surface area contributed by atoms with Crippen molar-refractivity contribution in [1.29, 1.82) is 0 Å². The zero-order valence-corrected chi connectivity index (χ0v) is 17.9. The number of aromatic nitrogens is 1. The lowest BCUT2D eigenvalue weighted by atomic mass is 10.2. The molecule has 4 rings (SSSR count). The fourth-order valence-corrected chi connectivity index (χ4v) is 4.53. The number of carbonyl (C=O) groups is 3. The normalized spacial score (nSPS) is 17.7. The molecule has 2 aliphatic rings. The Kier molecular flexibility index (Phi) is 6.57. The van der Waals surface area contributed by atoms with E-state index in [1.54, 1.807) is 23.5 Å². The van der Waals surface area contributed by atoms with Crippen molar-refractivity contribution in [3.8, 4) is 11.3 Å². The van der Waals surface area contributed by atoms with Gasteiger partial charge in [0.1, 0.15) is 10.8 Å². The first-order chi connectivity index (χ1) is 15.0. The van der Waals surface area contributed by atoms with E-state index in [2.05, 4.69) is 15.2 Å². The summed E-state index contributed by atoms with van der Waals surface area (Å²) in [5.41, 5.74) is 1.74. The van der Waals surface area contributed by atoms with Gasteiger partial charge in [-0.1, -0.05) is 0 Å². The predicted octanol–water partition coefficient (Wildman–Crippen LogP) is 1.93. The van der Waals surface area contributed by atoms with Crippen molar-refractivity contribution in [3.63, 3.8) is 0 Å². The van der Waals surface area contributed by atoms with Gasteiger partial charge in [0.05, 0.1) is 12.2 Å². The summed E-state index contributed by atoms with van der Waals surface area (Å²) in [6, 6.07) is 5.90. The molecule has 0 bridgehead atoms. The van der Waals surface area contributed by atoms with Crippen molar-refractivity contribution in [2.75, 3.05) is 39.3 Å². The molecule has 0 unspecified atom stereocenters. The number of halogens is 1. The topological polar surface area (TPSA) is 85.9 Å². The Bertz CT molecular complexity index is 956. The van der Waals surface area contributed by atoms with Crippen molar-refractivity contribution in [3.05, 3.63) is 40.5 Å². The summed E-state index contributed by atoms with van der Waals surface area (Å²) in [7, 11) is 0. The number of hydrogen-bond acceptors (Lipinski definition) is 6. The van der Waals surface area contributed by atoms with E-state index < -0.39 is 6.03 Å². The Morgan fingerprint density at radius 3 is 2.55 bits per heavy atom. The molecule has 0 atom stereocenters. The molecule has 2 aliphatic heterocycles. The van der Waals surface area contributed by atoms with E-state index in [1.165, 1.54) is 17.0 Å². The molecule has 0 saturated carbocycles. The summed E-state index contributed by atoms with van der Waals surface area (Å²) in [5, 5.41) is 5.24. The minimum atomic E-state index is -0.419. The zero-order chi connectivity index (χ0) is 21.8. The van der Waals surface area contributed by atoms with E-state index in [0.29, 0.717) is 26.2 Å². The lowest BCUT2D eigenvalue weighted by Gasteiger charge is -2.35. The molecule has 31 heavy (non-hydrogen) atoms. The molecule has 164 valence electrons. The second kappa shape index (κ2) is 9.52. The maximum absolute atomic E-state index is 13.1. The van der Waals surface area contributed by atoms with Gasteiger partial charge in [0.2, 0.25) is 11.8 Å². The summed E-state index contributed by atoms with van der Waals surface area (Å²) in [6.07, 6.45) is 0.535. The summed E-state index contributed by atoms with van der Waals surface area (Å²) in [4.78, 5) is 45.7. The average molecular weight is 446 g/mol. The van der Waals surface area contributed by atoms with Crippen LogP contribution in [0.3, 0.4) is 0 Å². The van der Waals surface area contributed by atoms with Gasteiger partial charge in [-0.15, -0.1) is 11.3 Å². The van der Waals surface area contributed by atoms with Gasteiger partial charge in [-0.3, -0.25) is 19.8 Å². The minimum Gasteiger partial charge on any atom is -0.340 e. The van der Waals surface area contributed by atoms with Crippen LogP contribution < -0.4 is 5.32 Å². The number of imide groups is 1. The molecule has 2 fully saturated rings. The summed E-state index contributed by atoms with van der Waals surface area (Å²) >= 11 is 1.58. The third-order valence-electron chi connectivity index (χ3n) is 5.51. The lowest BCUT2D eigenvalue weighted by molar-refractivity contribution is -0.133. The van der Waals surface area contributed by atoms with Crippen LogP contribution in [0.4, 0.5) is 9.18 Å². The fraction of sp³-hybridized carbons (Fsp3) is 0.429. The van der Waals surface area contributed by atoms with Gasteiger partial charge in [0.25, 0.3) is 0 Å². The Hall–Kier alpha value is -2.85. The SMILES string of the molecule is O=C1CCN(CCC(=O)N2CCN(Cc3nc(-c4ccc(F)cc4)cs3)CC2)C(=O)N1. The second-order valence-corrected chi connectivity index (χ2v) is 8.57. The van der Waals surface area contributed by atoms with Crippen molar-refractivity contribution in [1.82, 2.24) is 25.0 Å². The van der Waals surface area contributed by atoms with Gasteiger partial charge in [-0.2, -0.15) is 0 Å². The quantitative estimate of drug-likeness (QED) is 0.734. The van der Waals surface area contributed by atoms with Crippen molar-refractivity contribution < 1.29 is 18.8 Å². The molecule has 2 saturated heterocycles. The number of carbonyl (C=O) groups excluding carboxylic acids is 3. The minimum absolute atomic E-state index is 0.0252. The third-order valence-corrected chi connectivity index (χ3v) is 6.35. The number of urea groups is 1. The maximum Gasteiger partial charge on any atom is 0.324 e. The Balaban J connectivity index is 1.22. The first kappa shape index (κ1) is 21.4. The summed E-state index contributed by atoms with van der Waals surface area (Å²) in [5.74, 6) is -0.508. The number of amides is 4. The fourth-order valence-electron chi connectivity index (χ4n) is 3.68. The first-order valence-corrected chi connectivity index (χ1v) is 11.1. The van der Waals surface area contributed by atoms with Crippen LogP contribution >= 0.6 is 11.3 Å². The van der Waals surface area contributed by atoms with Gasteiger partial charge in [0, 0.05) is 63.1 Å². The Morgan fingerprint density at radius 1 is 1.10 bits per heavy atom. The van der Waals surface area contributed by atoms with Crippen molar-refractivity contribution in [2.24, 2.45) is 0 Å². The highest BCUT2D eigenvalue weighted by Crippen LogP contribution is 2.23. The highest BCUT2D eigenvalue weighted by molar-refractivity contribution is 7.09. The molecule has 8 nitrogen and oxygen atoms in total. The molecule has 10 heteroatoms. The van der Waals surface area contributed by atoms with Gasteiger partial charge in [-0.05, 0) is 24.3 Å². The maximum atomic E-state index is 13.1. The lowest BCUT2D eigenvalue weighted by Crippen LogP contribution is -2.51. The van der Waals surface area contributed by atoms with Gasteiger partial charge in [-0.25, -0.2) is 14.2 Å². The van der Waals surface area contributed by atoms with E-state index in [-0.39, 0.29) is 30.5 Å². The zero-order valence-electron chi connectivity index (χ0n) is 17.1. The summed E-state index contributed by atoms with van der Waals surface area (Å²) in [6.45, 7) is 4.20. The number of benzene rings is 1. The van der Waals surface area contributed by atoms with Crippen molar-refractivity contribution >= 4 is 29.2 Å². The van der Waals surface area contributed by atoms with Crippen LogP contribution in [-0.2, 0) is 16.1 Å². The van der Waals surface area contributed by atoms with Crippen LogP contribution in [0, 0.1) is 5.82 Å². The number of hydrogen-bond donors (Lipinski definition) is 1. The van der Waals surface area contributed by atoms with E-state index in [1.807, 2.05) is 10.3 Å². The molecule has 1 aromatic carbocycles. The smallest absolute Gasteiger partial charge is 0.324 e. The molecule has 1 aromatic heterocycles. The van der Waals surface area contributed by atoms with Crippen LogP contribution in [-0.4, -0.2) is 76.8 Å². The molecule has 0 spiro atoms. The Labute approximate surface area is 183 Å². The van der Waals surface area contributed by atoms with Crippen molar-refractivity contribution in [2.45, 2.75) is 19.4 Å². The average Bonchev–Trinajstić information content (AvgIpc) is 3.22. The molecule has 3 heterocycles. The van der Waals surface area contributed by atoms with E-state index in [4.69, 9.17) is 0 Å². The number of nitrogens with zero attached hydrogens (tertiary/aromatic N) is 4. The van der Waals surface area contributed by atoms with E-state index in [9.17, 15) is 18.8 Å². The number of nitrogens with one attached hydrogen (secondary N) is 1. The van der Waals surface area contributed by atoms with Crippen LogP contribution in [0.5, 0.6) is 0 Å². The standard InChI is InChI=1S/C21H24FN5O3S/c22-16-3-1-15(2-4-16)17-14-31-19(23-17)13-25-9-11-26(12-10-25)20(29)6-8-27-7-5-18(28)24-21(27)30/h1-4,14H,5-13H2,(H,24,28,30). The predicted molar refractivity (Wildman–Crippen MR) is 114 cm³/mol. The summed E-state index contributed by atoms with van der Waals surface area (Å²) < 4.78 is 13.1. The molecule has 2 aromatic rings. The largest absolute Gasteiger partial charge is 0.340 e. The number of piperazine rings is 1. The van der Waals surface area contributed by atoms with Crippen LogP contribution in [0.2, 0.25) is 0 Å². The van der Waals surface area contributed by atoms with Crippen LogP contribution in [0.1, 0.15) is 17.8 Å². The molecule has 0 radical (unpaired) electrons. The highest BCUT2D eigenvalue weighted by atomic mass is 32.1. The number of thiazole rings is 1. The van der Waals surface area contributed by atoms with Crippen LogP contribution in [0.15, 0.2) is 29.6 Å². The molecule has 1 N–H and O–H groups in total. The molecular formula is C21H24FN5O3S. The third kappa shape index (κ3) is 5.45. The van der Waals surface area contributed by atoms with Gasteiger partial charge in [0.15, 0.2) is 0 Å². The molecule has 0 aliphatic carbocycles. The van der Waals surface area contributed by atoms with Crippen LogP contribution in [0.25, 0.3) is 11.3 Å². The van der Waals surface area contributed by atoms with E-state index >= 15 is 0 Å².